The van der Waals surface area contributed by atoms with Crippen LogP contribution in [0.5, 0.6) is 0 Å². The fraction of sp³-hybridized carbons (Fsp3) is 0.0909. The summed E-state index contributed by atoms with van der Waals surface area (Å²) in [6.45, 7) is 0. The zero-order chi connectivity index (χ0) is 16.8. The molecule has 0 fully saturated rings. The molecule has 3 heteroatoms. The van der Waals surface area contributed by atoms with Crippen molar-refractivity contribution >= 4 is 15.4 Å². The predicted octanol–water partition coefficient (Wildman–Crippen LogP) is 3.21. The maximum absolute atomic E-state index is 2.62. The van der Waals surface area contributed by atoms with Gasteiger partial charge in [-0.05, 0) is 0 Å². The first kappa shape index (κ1) is 28.8. The van der Waals surface area contributed by atoms with Crippen LogP contribution in [0.25, 0.3) is 0 Å². The van der Waals surface area contributed by atoms with Crippen LogP contribution in [0.3, 0.4) is 0 Å². The van der Waals surface area contributed by atoms with Gasteiger partial charge in [0.1, 0.15) is 0 Å². The van der Waals surface area contributed by atoms with Crippen molar-refractivity contribution < 1.29 is 34.1 Å². The first-order valence-electron chi connectivity index (χ1n) is 6.31. The van der Waals surface area contributed by atoms with E-state index in [2.05, 4.69) is 109 Å². The van der Waals surface area contributed by atoms with Crippen LogP contribution in [0, 0.1) is 97.1 Å². The molecule has 4 rings (SSSR count). The van der Waals surface area contributed by atoms with E-state index in [0.717, 1.165) is 0 Å². The van der Waals surface area contributed by atoms with E-state index in [1.165, 1.54) is 0 Å². The van der Waals surface area contributed by atoms with Crippen LogP contribution in [-0.4, -0.2) is 15.4 Å². The monoisotopic (exact) mass is 460 g/mol. The Kier molecular flexibility index (Phi) is 32.0. The van der Waals surface area contributed by atoms with Gasteiger partial charge in [0.2, 0.25) is 0 Å². The molecular formula is C22H10Fe2Ge-20. The summed E-state index contributed by atoms with van der Waals surface area (Å²) < 4.78 is 0. The molecule has 0 aliphatic rings. The summed E-state index contributed by atoms with van der Waals surface area (Å²) in [5.41, 5.74) is 0. The minimum atomic E-state index is 0. The molecule has 0 aromatic heterocycles. The van der Waals surface area contributed by atoms with Crippen LogP contribution in [0.15, 0.2) is 24.3 Å². The number of rotatable bonds is 0. The molecule has 4 aromatic carbocycles. The number of hydrogen-bond acceptors (Lipinski definition) is 0. The Hall–Kier alpha value is -1.02. The van der Waals surface area contributed by atoms with Crippen LogP contribution in [0.4, 0.5) is 0 Å². The van der Waals surface area contributed by atoms with Crippen LogP contribution < -0.4 is 0 Å². The molecule has 4 aromatic rings. The molecule has 0 saturated carbocycles. The van der Waals surface area contributed by atoms with E-state index in [0.29, 0.717) is 15.4 Å². The van der Waals surface area contributed by atoms with Gasteiger partial charge in [0.05, 0.1) is 0 Å². The SMILES string of the molecule is [CH3][Ge][CH3].[Fe].[Fe].[c-]1[c-][c-][cH-][c-]1.[c-]1[c-][c-][cH-][c-]1.[c-]1[c-][c-][cH-][c-]1.[c-]1[c-][c-][cH-][c-]1. The summed E-state index contributed by atoms with van der Waals surface area (Å²) in [4.78, 5) is 0. The van der Waals surface area contributed by atoms with Crippen molar-refractivity contribution in [2.75, 3.05) is 0 Å². The second-order valence-corrected chi connectivity index (χ2v) is 5.33. The Bertz CT molecular complexity index is 361. The van der Waals surface area contributed by atoms with Gasteiger partial charge in [-0.15, -0.1) is 0 Å². The molecule has 0 nitrogen and oxygen atoms in total. The predicted molar refractivity (Wildman–Crippen MR) is 87.0 cm³/mol. The Morgan fingerprint density at radius 2 is 0.520 bits per heavy atom. The van der Waals surface area contributed by atoms with E-state index >= 15 is 0 Å². The van der Waals surface area contributed by atoms with E-state index in [9.17, 15) is 0 Å². The van der Waals surface area contributed by atoms with Crippen LogP contribution in [-0.2, 0) is 34.1 Å². The molecule has 0 heterocycles. The fourth-order valence-electron chi connectivity index (χ4n) is 0.722. The van der Waals surface area contributed by atoms with Crippen molar-refractivity contribution in [1.82, 2.24) is 0 Å². The molecule has 0 aliphatic heterocycles. The molecule has 0 spiro atoms. The Labute approximate surface area is 181 Å². The summed E-state index contributed by atoms with van der Waals surface area (Å²) in [6, 6.07) is 48.0. The second-order valence-electron chi connectivity index (χ2n) is 3.23. The second kappa shape index (κ2) is 27.8. The van der Waals surface area contributed by atoms with E-state index in [1.807, 2.05) is 0 Å². The van der Waals surface area contributed by atoms with Gasteiger partial charge in [-0.25, -0.2) is 0 Å². The zero-order valence-corrected chi connectivity index (χ0v) is 17.8. The molecule has 0 aliphatic carbocycles. The first-order chi connectivity index (χ1) is 11.4. The van der Waals surface area contributed by atoms with Crippen LogP contribution in [0.1, 0.15) is 0 Å². The van der Waals surface area contributed by atoms with Gasteiger partial charge in [-0.2, -0.15) is 0 Å². The number of hydrogen-bond donors (Lipinski definition) is 0. The van der Waals surface area contributed by atoms with E-state index in [-0.39, 0.29) is 34.1 Å². The van der Waals surface area contributed by atoms with Gasteiger partial charge in [-0.1, -0.05) is 0 Å². The van der Waals surface area contributed by atoms with Crippen LogP contribution in [0.2, 0.25) is 11.5 Å². The quantitative estimate of drug-likeness (QED) is 0.280. The Morgan fingerprint density at radius 3 is 0.560 bits per heavy atom. The van der Waals surface area contributed by atoms with Crippen molar-refractivity contribution in [2.45, 2.75) is 11.5 Å². The van der Waals surface area contributed by atoms with Crippen molar-refractivity contribution in [3.8, 4) is 0 Å². The minimum Gasteiger partial charge on any atom is -0.999 e. The molecule has 0 amide bonds. The van der Waals surface area contributed by atoms with Gasteiger partial charge in [-0.3, -0.25) is 0 Å². The molecule has 25 heavy (non-hydrogen) atoms. The summed E-state index contributed by atoms with van der Waals surface area (Å²) in [5.74, 6) is 4.50. The van der Waals surface area contributed by atoms with E-state index in [4.69, 9.17) is 0 Å². The van der Waals surface area contributed by atoms with Gasteiger partial charge < -0.3 is 121 Å². The summed E-state index contributed by atoms with van der Waals surface area (Å²) in [7, 11) is 0. The third kappa shape index (κ3) is 28.1. The summed E-state index contributed by atoms with van der Waals surface area (Å²) in [6.07, 6.45) is 0. The van der Waals surface area contributed by atoms with Crippen molar-refractivity contribution in [2.24, 2.45) is 0 Å². The average molecular weight is 459 g/mol. The fourth-order valence-corrected chi connectivity index (χ4v) is 0.722. The molecule has 2 radical (unpaired) electrons. The van der Waals surface area contributed by atoms with Crippen molar-refractivity contribution in [1.29, 1.82) is 0 Å². The third-order valence-corrected chi connectivity index (χ3v) is 1.40. The van der Waals surface area contributed by atoms with Crippen LogP contribution >= 0.6 is 0 Å². The Morgan fingerprint density at radius 1 is 0.400 bits per heavy atom. The normalized spacial score (nSPS) is 7.12. The molecule has 138 valence electrons. The van der Waals surface area contributed by atoms with E-state index < -0.39 is 0 Å². The molecule has 0 bridgehead atoms. The largest absolute Gasteiger partial charge is 0.999 e. The van der Waals surface area contributed by atoms with Crippen molar-refractivity contribution in [3.63, 3.8) is 0 Å². The molecule has 0 atom stereocenters. The summed E-state index contributed by atoms with van der Waals surface area (Å²) in [5, 5.41) is 0. The Balaban J connectivity index is -0.000000240. The average Bonchev–Trinajstić information content (AvgIpc) is 3.47. The van der Waals surface area contributed by atoms with Gasteiger partial charge in [0.15, 0.2) is 0 Å². The van der Waals surface area contributed by atoms with Gasteiger partial charge in [0, 0.05) is 34.1 Å². The topological polar surface area (TPSA) is 0 Å². The molecule has 0 saturated heterocycles. The first-order valence-corrected chi connectivity index (χ1v) is 10.5. The van der Waals surface area contributed by atoms with Crippen molar-refractivity contribution in [3.05, 3.63) is 121 Å². The third-order valence-electron chi connectivity index (χ3n) is 1.40. The van der Waals surface area contributed by atoms with E-state index in [1.54, 1.807) is 24.3 Å². The maximum Gasteiger partial charge on any atom is 0 e. The molecule has 0 N–H and O–H groups in total. The molecular weight excluding hydrogens is 449 g/mol. The smallest absolute Gasteiger partial charge is 0 e. The standard InChI is InChI=1S/4C5H.C2H6Ge.2Fe/c4*1-2-4-5-3-1;1-3-2;;/h4*1H;1-2H3;;/q4*-5;;;. The molecule has 0 unspecified atom stereocenters. The van der Waals surface area contributed by atoms with Gasteiger partial charge >= 0.3 is 26.9 Å². The minimum absolute atomic E-state index is 0. The van der Waals surface area contributed by atoms with Gasteiger partial charge in [0.25, 0.3) is 0 Å². The summed E-state index contributed by atoms with van der Waals surface area (Å²) >= 11 is 0.500. The zero-order valence-electron chi connectivity index (χ0n) is 13.5. The maximum atomic E-state index is 2.62.